The van der Waals surface area contributed by atoms with Crippen molar-refractivity contribution in [2.24, 2.45) is 7.05 Å². The topological polar surface area (TPSA) is 129 Å². The van der Waals surface area contributed by atoms with Gasteiger partial charge >= 0.3 is 5.97 Å². The zero-order valence-electron chi connectivity index (χ0n) is 19.1. The molecule has 1 aliphatic heterocycles. The summed E-state index contributed by atoms with van der Waals surface area (Å²) in [5, 5.41) is 19.3. The number of hydrogen-bond acceptors (Lipinski definition) is 8. The molecule has 1 aliphatic rings. The Balaban J connectivity index is 0.00000342. The van der Waals surface area contributed by atoms with Crippen LogP contribution in [-0.4, -0.2) is 76.4 Å². The highest BCUT2D eigenvalue weighted by Gasteiger charge is 2.24. The molecule has 3 aromatic rings. The molecule has 35 heavy (non-hydrogen) atoms. The quantitative estimate of drug-likeness (QED) is 0.379. The number of nitrogens with zero attached hydrogens (tertiary/aromatic N) is 5. The van der Waals surface area contributed by atoms with E-state index in [0.717, 1.165) is 12.1 Å². The summed E-state index contributed by atoms with van der Waals surface area (Å²) in [5.74, 6) is -1.87. The molecule has 3 heterocycles. The zero-order chi connectivity index (χ0) is 24.4. The molecule has 1 atom stereocenters. The van der Waals surface area contributed by atoms with Crippen molar-refractivity contribution in [2.75, 3.05) is 49.1 Å². The highest BCUT2D eigenvalue weighted by Crippen LogP contribution is 2.29. The summed E-state index contributed by atoms with van der Waals surface area (Å²) < 4.78 is 36.4. The molecule has 1 aromatic carbocycles. The van der Waals surface area contributed by atoms with Crippen LogP contribution in [0.15, 0.2) is 23.0 Å². The number of aryl methyl sites for hydroxylation is 1. The van der Waals surface area contributed by atoms with E-state index in [2.05, 4.69) is 20.6 Å². The zero-order valence-corrected chi connectivity index (χ0v) is 19.9. The van der Waals surface area contributed by atoms with E-state index >= 15 is 0 Å². The first-order valence-electron chi connectivity index (χ1n) is 10.7. The van der Waals surface area contributed by atoms with Crippen molar-refractivity contribution in [3.05, 3.63) is 40.2 Å². The van der Waals surface area contributed by atoms with Crippen LogP contribution in [0.2, 0.25) is 0 Å². The average Bonchev–Trinajstić information content (AvgIpc) is 3.18. The van der Waals surface area contributed by atoms with E-state index in [4.69, 9.17) is 9.84 Å². The number of H-pyrrole nitrogens is 1. The van der Waals surface area contributed by atoms with Gasteiger partial charge in [0, 0.05) is 58.0 Å². The van der Waals surface area contributed by atoms with Gasteiger partial charge in [0.15, 0.2) is 17.2 Å². The van der Waals surface area contributed by atoms with Gasteiger partial charge in [0.05, 0.1) is 5.52 Å². The van der Waals surface area contributed by atoms with E-state index in [1.807, 2.05) is 4.90 Å². The minimum absolute atomic E-state index is 0. The molecular weight excluding hydrogens is 488 g/mol. The van der Waals surface area contributed by atoms with Crippen LogP contribution in [0.1, 0.15) is 6.92 Å². The van der Waals surface area contributed by atoms with Gasteiger partial charge in [-0.05, 0) is 6.92 Å². The molecule has 2 aromatic heterocycles. The Bertz CT molecular complexity index is 1240. The van der Waals surface area contributed by atoms with Gasteiger partial charge in [-0.15, -0.1) is 17.5 Å². The third kappa shape index (κ3) is 5.62. The molecule has 1 saturated heterocycles. The first kappa shape index (κ1) is 26.2. The van der Waals surface area contributed by atoms with E-state index in [-0.39, 0.29) is 48.1 Å². The Kier molecular flexibility index (Phi) is 8.12. The van der Waals surface area contributed by atoms with Crippen molar-refractivity contribution >= 4 is 40.9 Å². The smallest absolute Gasteiger partial charge is 0.320 e. The van der Waals surface area contributed by atoms with Gasteiger partial charge in [-0.3, -0.25) is 9.59 Å². The van der Waals surface area contributed by atoms with Crippen LogP contribution < -0.4 is 25.4 Å². The number of ether oxygens (including phenoxy) is 1. The maximum absolute atomic E-state index is 14.8. The van der Waals surface area contributed by atoms with Crippen LogP contribution in [0.4, 0.5) is 20.3 Å². The molecule has 190 valence electrons. The van der Waals surface area contributed by atoms with E-state index in [1.54, 1.807) is 18.0 Å². The molecular formula is C21H26ClF2N7O4. The third-order valence-corrected chi connectivity index (χ3v) is 5.72. The normalized spacial score (nSPS) is 14.6. The minimum atomic E-state index is -0.998. The van der Waals surface area contributed by atoms with Crippen molar-refractivity contribution in [1.29, 1.82) is 0 Å². The Labute approximate surface area is 205 Å². The van der Waals surface area contributed by atoms with Crippen LogP contribution in [0.5, 0.6) is 5.75 Å². The van der Waals surface area contributed by atoms with E-state index in [9.17, 15) is 18.4 Å². The maximum Gasteiger partial charge on any atom is 0.320 e. The lowest BCUT2D eigenvalue weighted by Gasteiger charge is -2.37. The molecule has 0 amide bonds. The van der Waals surface area contributed by atoms with Gasteiger partial charge in [-0.2, -0.15) is 0 Å². The molecule has 4 rings (SSSR count). The first-order chi connectivity index (χ1) is 16.2. The standard InChI is InChI=1S/C21H25F2N7O4.ClH/c1-12(21(32)33)24-3-8-34-13-9-14(22)19(15(23)10-13)30-6-4-29(5-7-30)17-11-16-18(20(31)25-17)26-27-28(16)2;/h9-12,24H,3-8H2,1-2H3,(H,25,31)(H,32,33);1H. The van der Waals surface area contributed by atoms with Gasteiger partial charge in [0.25, 0.3) is 5.56 Å². The number of carbonyl (C=O) groups is 1. The van der Waals surface area contributed by atoms with E-state index in [0.29, 0.717) is 37.5 Å². The molecule has 0 aliphatic carbocycles. The number of pyridine rings is 1. The first-order valence-corrected chi connectivity index (χ1v) is 10.7. The van der Waals surface area contributed by atoms with Gasteiger partial charge in [-0.1, -0.05) is 5.21 Å². The number of carboxylic acids is 1. The fourth-order valence-electron chi connectivity index (χ4n) is 3.83. The summed E-state index contributed by atoms with van der Waals surface area (Å²) in [7, 11) is 1.70. The SMILES string of the molecule is CC(NCCOc1cc(F)c(N2CCN(c3cc4c(nnn4C)c(=O)[nH]3)CC2)c(F)c1)C(=O)O.Cl. The molecule has 0 saturated carbocycles. The van der Waals surface area contributed by atoms with Crippen LogP contribution >= 0.6 is 12.4 Å². The van der Waals surface area contributed by atoms with Gasteiger partial charge < -0.3 is 29.9 Å². The summed E-state index contributed by atoms with van der Waals surface area (Å²) in [6.45, 7) is 3.33. The number of halogens is 3. The van der Waals surface area contributed by atoms with Gasteiger partial charge in [0.1, 0.15) is 29.9 Å². The number of aromatic nitrogens is 4. The lowest BCUT2D eigenvalue weighted by molar-refractivity contribution is -0.139. The number of fused-ring (bicyclic) bond motifs is 1. The van der Waals surface area contributed by atoms with Crippen LogP contribution in [0, 0.1) is 11.6 Å². The number of nitrogens with one attached hydrogen (secondary N) is 2. The highest BCUT2D eigenvalue weighted by molar-refractivity contribution is 5.85. The Hall–Kier alpha value is -3.45. The molecule has 0 radical (unpaired) electrons. The van der Waals surface area contributed by atoms with Crippen LogP contribution in [0.3, 0.4) is 0 Å². The molecule has 11 nitrogen and oxygen atoms in total. The maximum atomic E-state index is 14.8. The summed E-state index contributed by atoms with van der Waals surface area (Å²) in [6.07, 6.45) is 0. The summed E-state index contributed by atoms with van der Waals surface area (Å²) >= 11 is 0. The summed E-state index contributed by atoms with van der Waals surface area (Å²) in [4.78, 5) is 29.4. The van der Waals surface area contributed by atoms with Crippen LogP contribution in [-0.2, 0) is 11.8 Å². The number of rotatable bonds is 8. The van der Waals surface area contributed by atoms with Gasteiger partial charge in [-0.25, -0.2) is 13.5 Å². The molecule has 0 spiro atoms. The van der Waals surface area contributed by atoms with Crippen molar-refractivity contribution in [3.63, 3.8) is 0 Å². The molecule has 1 unspecified atom stereocenters. The number of aliphatic carboxylic acids is 1. The minimum Gasteiger partial charge on any atom is -0.492 e. The van der Waals surface area contributed by atoms with E-state index < -0.39 is 23.6 Å². The summed E-state index contributed by atoms with van der Waals surface area (Å²) in [5.41, 5.74) is 0.373. The number of hydrogen-bond donors (Lipinski definition) is 3. The second-order valence-electron chi connectivity index (χ2n) is 8.00. The molecule has 1 fully saturated rings. The average molecular weight is 514 g/mol. The molecule has 14 heteroatoms. The lowest BCUT2D eigenvalue weighted by atomic mass is 10.2. The Morgan fingerprint density at radius 1 is 1.20 bits per heavy atom. The second-order valence-corrected chi connectivity index (χ2v) is 8.00. The fraction of sp³-hybridized carbons (Fsp3) is 0.429. The number of piperazine rings is 1. The van der Waals surface area contributed by atoms with Crippen molar-refractivity contribution in [1.82, 2.24) is 25.3 Å². The number of carboxylic acid groups (broad SMARTS) is 1. The van der Waals surface area contributed by atoms with Crippen LogP contribution in [0.25, 0.3) is 11.0 Å². The van der Waals surface area contributed by atoms with Gasteiger partial charge in [0.2, 0.25) is 0 Å². The lowest BCUT2D eigenvalue weighted by Crippen LogP contribution is -2.47. The predicted molar refractivity (Wildman–Crippen MR) is 128 cm³/mol. The monoisotopic (exact) mass is 513 g/mol. The third-order valence-electron chi connectivity index (χ3n) is 5.72. The highest BCUT2D eigenvalue weighted by atomic mass is 35.5. The largest absolute Gasteiger partial charge is 0.492 e. The molecule has 0 bridgehead atoms. The summed E-state index contributed by atoms with van der Waals surface area (Å²) in [6, 6.07) is 3.27. The second kappa shape index (κ2) is 10.9. The Morgan fingerprint density at radius 2 is 1.83 bits per heavy atom. The van der Waals surface area contributed by atoms with Crippen molar-refractivity contribution in [3.8, 4) is 5.75 Å². The van der Waals surface area contributed by atoms with Crippen molar-refractivity contribution in [2.45, 2.75) is 13.0 Å². The van der Waals surface area contributed by atoms with Crippen molar-refractivity contribution < 1.29 is 23.4 Å². The number of benzene rings is 1. The van der Waals surface area contributed by atoms with E-state index in [1.165, 1.54) is 11.6 Å². The fourth-order valence-corrected chi connectivity index (χ4v) is 3.83. The number of aromatic amines is 1. The Morgan fingerprint density at radius 3 is 2.46 bits per heavy atom. The number of anilines is 2. The molecule has 3 N–H and O–H groups in total. The predicted octanol–water partition coefficient (Wildman–Crippen LogP) is 1.12.